The summed E-state index contributed by atoms with van der Waals surface area (Å²) in [6.45, 7) is 1.50. The molecule has 1 heterocycles. The summed E-state index contributed by atoms with van der Waals surface area (Å²) in [5.74, 6) is 1.38. The minimum atomic E-state index is -0.302. The van der Waals surface area contributed by atoms with Gasteiger partial charge in [-0.05, 0) is 29.8 Å². The van der Waals surface area contributed by atoms with Gasteiger partial charge in [0, 0.05) is 36.1 Å². The quantitative estimate of drug-likeness (QED) is 0.554. The van der Waals surface area contributed by atoms with E-state index in [-0.39, 0.29) is 5.97 Å². The molecule has 0 N–H and O–H groups in total. The number of ether oxygens (including phenoxy) is 1. The summed E-state index contributed by atoms with van der Waals surface area (Å²) < 4.78 is 5.37. The predicted octanol–water partition coefficient (Wildman–Crippen LogP) is 4.64. The van der Waals surface area contributed by atoms with Crippen molar-refractivity contribution in [3.63, 3.8) is 0 Å². The van der Waals surface area contributed by atoms with E-state index in [0.29, 0.717) is 23.1 Å². The minimum absolute atomic E-state index is 0.302. The van der Waals surface area contributed by atoms with Crippen molar-refractivity contribution in [2.75, 3.05) is 29.7 Å². The summed E-state index contributed by atoms with van der Waals surface area (Å²) in [6, 6.07) is 15.4. The monoisotopic (exact) mass is 361 g/mol. The SMILES string of the molecule is O=C1O/C(=C\c2ccc(N(CCCl)CCCl)cc2)c2ccccc21. The number of fused-ring (bicyclic) bond motifs is 1. The lowest BCUT2D eigenvalue weighted by Crippen LogP contribution is -2.27. The Morgan fingerprint density at radius 1 is 0.917 bits per heavy atom. The van der Waals surface area contributed by atoms with Crippen molar-refractivity contribution in [2.24, 2.45) is 0 Å². The summed E-state index contributed by atoms with van der Waals surface area (Å²) in [5.41, 5.74) is 3.48. The van der Waals surface area contributed by atoms with Crippen LogP contribution in [0.5, 0.6) is 0 Å². The zero-order valence-electron chi connectivity index (χ0n) is 13.0. The predicted molar refractivity (Wildman–Crippen MR) is 99.8 cm³/mol. The van der Waals surface area contributed by atoms with Crippen LogP contribution in [-0.2, 0) is 4.74 Å². The highest BCUT2D eigenvalue weighted by Gasteiger charge is 2.25. The van der Waals surface area contributed by atoms with Crippen LogP contribution in [0.15, 0.2) is 48.5 Å². The second kappa shape index (κ2) is 7.73. The van der Waals surface area contributed by atoms with Gasteiger partial charge < -0.3 is 9.64 Å². The first-order valence-corrected chi connectivity index (χ1v) is 8.80. The van der Waals surface area contributed by atoms with Gasteiger partial charge in [0.25, 0.3) is 0 Å². The van der Waals surface area contributed by atoms with Crippen LogP contribution in [0.4, 0.5) is 5.69 Å². The van der Waals surface area contributed by atoms with E-state index in [1.165, 1.54) is 0 Å². The topological polar surface area (TPSA) is 29.5 Å². The third-order valence-electron chi connectivity index (χ3n) is 3.88. The largest absolute Gasteiger partial charge is 0.422 e. The zero-order valence-corrected chi connectivity index (χ0v) is 14.6. The Labute approximate surface area is 151 Å². The molecule has 0 bridgehead atoms. The molecule has 1 aliphatic rings. The maximum absolute atomic E-state index is 11.9. The molecule has 0 amide bonds. The number of halogens is 2. The van der Waals surface area contributed by atoms with Crippen molar-refractivity contribution in [3.8, 4) is 0 Å². The number of benzene rings is 2. The van der Waals surface area contributed by atoms with Crippen molar-refractivity contribution in [2.45, 2.75) is 0 Å². The Bertz CT molecular complexity index is 750. The number of nitrogens with zero attached hydrogens (tertiary/aromatic N) is 1. The average Bonchev–Trinajstić information content (AvgIpc) is 2.92. The van der Waals surface area contributed by atoms with Gasteiger partial charge in [-0.15, -0.1) is 23.2 Å². The Kier molecular flexibility index (Phi) is 5.44. The molecule has 5 heteroatoms. The number of cyclic esters (lactones) is 1. The summed E-state index contributed by atoms with van der Waals surface area (Å²) in [5, 5.41) is 0. The van der Waals surface area contributed by atoms with Crippen LogP contribution >= 0.6 is 23.2 Å². The molecule has 1 aliphatic heterocycles. The van der Waals surface area contributed by atoms with Crippen molar-refractivity contribution in [1.29, 1.82) is 0 Å². The molecule has 0 aliphatic carbocycles. The second-order valence-corrected chi connectivity index (χ2v) is 6.16. The fourth-order valence-corrected chi connectivity index (χ4v) is 3.11. The Morgan fingerprint density at radius 3 is 2.17 bits per heavy atom. The molecule has 0 radical (unpaired) electrons. The van der Waals surface area contributed by atoms with Crippen molar-refractivity contribution in [3.05, 3.63) is 65.2 Å². The van der Waals surface area contributed by atoms with Gasteiger partial charge in [0.05, 0.1) is 5.56 Å². The van der Waals surface area contributed by atoms with Crippen LogP contribution < -0.4 is 4.90 Å². The molecular weight excluding hydrogens is 345 g/mol. The highest BCUT2D eigenvalue weighted by Crippen LogP contribution is 2.31. The molecule has 0 atom stereocenters. The smallest absolute Gasteiger partial charge is 0.344 e. The van der Waals surface area contributed by atoms with Crippen LogP contribution in [0.2, 0.25) is 0 Å². The van der Waals surface area contributed by atoms with Crippen LogP contribution in [0, 0.1) is 0 Å². The number of carbonyl (C=O) groups excluding carboxylic acids is 1. The fourth-order valence-electron chi connectivity index (χ4n) is 2.70. The molecule has 0 fully saturated rings. The summed E-state index contributed by atoms with van der Waals surface area (Å²) >= 11 is 11.7. The fraction of sp³-hybridized carbons (Fsp3) is 0.211. The third kappa shape index (κ3) is 3.58. The van der Waals surface area contributed by atoms with Gasteiger partial charge in [0.15, 0.2) is 0 Å². The molecule has 3 rings (SSSR count). The lowest BCUT2D eigenvalue weighted by Gasteiger charge is -2.22. The zero-order chi connectivity index (χ0) is 16.9. The van der Waals surface area contributed by atoms with Crippen LogP contribution in [0.25, 0.3) is 11.8 Å². The van der Waals surface area contributed by atoms with Gasteiger partial charge >= 0.3 is 5.97 Å². The molecular formula is C19H17Cl2NO2. The van der Waals surface area contributed by atoms with E-state index < -0.39 is 0 Å². The first-order valence-electron chi connectivity index (χ1n) is 7.73. The van der Waals surface area contributed by atoms with Gasteiger partial charge in [-0.3, -0.25) is 0 Å². The number of alkyl halides is 2. The first-order chi connectivity index (χ1) is 11.7. The number of anilines is 1. The van der Waals surface area contributed by atoms with Gasteiger partial charge in [0.1, 0.15) is 5.76 Å². The highest BCUT2D eigenvalue weighted by molar-refractivity contribution is 6.18. The van der Waals surface area contributed by atoms with Gasteiger partial charge in [-0.2, -0.15) is 0 Å². The van der Waals surface area contributed by atoms with E-state index >= 15 is 0 Å². The van der Waals surface area contributed by atoms with E-state index in [1.807, 2.05) is 48.5 Å². The molecule has 24 heavy (non-hydrogen) atoms. The van der Waals surface area contributed by atoms with Crippen LogP contribution in [0.1, 0.15) is 21.5 Å². The number of rotatable bonds is 6. The van der Waals surface area contributed by atoms with E-state index in [4.69, 9.17) is 27.9 Å². The molecule has 0 aromatic heterocycles. The number of esters is 1. The third-order valence-corrected chi connectivity index (χ3v) is 4.22. The Balaban J connectivity index is 1.83. The molecule has 124 valence electrons. The van der Waals surface area contributed by atoms with Gasteiger partial charge in [-0.1, -0.05) is 30.3 Å². The maximum Gasteiger partial charge on any atom is 0.344 e. The van der Waals surface area contributed by atoms with Gasteiger partial charge in [-0.25, -0.2) is 4.79 Å². The van der Waals surface area contributed by atoms with Crippen molar-refractivity contribution < 1.29 is 9.53 Å². The van der Waals surface area contributed by atoms with Crippen LogP contribution in [-0.4, -0.2) is 30.8 Å². The summed E-state index contributed by atoms with van der Waals surface area (Å²) in [7, 11) is 0. The number of carbonyl (C=O) groups is 1. The second-order valence-electron chi connectivity index (χ2n) is 5.40. The Hall–Kier alpha value is -1.97. The molecule has 0 saturated carbocycles. The standard InChI is InChI=1S/C19H17Cl2NO2/c20-9-11-22(12-10-21)15-7-5-14(6-8-15)13-18-16-3-1-2-4-17(16)19(23)24-18/h1-8,13H,9-12H2/b18-13-. The van der Waals surface area contributed by atoms with E-state index in [9.17, 15) is 4.79 Å². The van der Waals surface area contributed by atoms with Crippen molar-refractivity contribution >= 4 is 46.7 Å². The van der Waals surface area contributed by atoms with E-state index in [1.54, 1.807) is 6.07 Å². The first kappa shape index (κ1) is 16.9. The lowest BCUT2D eigenvalue weighted by atomic mass is 10.1. The van der Waals surface area contributed by atoms with E-state index in [2.05, 4.69) is 4.90 Å². The highest BCUT2D eigenvalue weighted by atomic mass is 35.5. The Morgan fingerprint density at radius 2 is 1.54 bits per heavy atom. The minimum Gasteiger partial charge on any atom is -0.422 e. The average molecular weight is 362 g/mol. The summed E-state index contributed by atoms with van der Waals surface area (Å²) in [4.78, 5) is 14.0. The number of hydrogen-bond donors (Lipinski definition) is 0. The molecule has 2 aromatic rings. The van der Waals surface area contributed by atoms with Gasteiger partial charge in [0.2, 0.25) is 0 Å². The molecule has 0 spiro atoms. The normalized spacial score (nSPS) is 14.6. The molecule has 3 nitrogen and oxygen atoms in total. The maximum atomic E-state index is 11.9. The van der Waals surface area contributed by atoms with Crippen molar-refractivity contribution in [1.82, 2.24) is 0 Å². The number of hydrogen-bond acceptors (Lipinski definition) is 3. The molecule has 0 saturated heterocycles. The summed E-state index contributed by atoms with van der Waals surface area (Å²) in [6.07, 6.45) is 1.88. The molecule has 2 aromatic carbocycles. The van der Waals surface area contributed by atoms with E-state index in [0.717, 1.165) is 29.9 Å². The molecule has 0 unspecified atom stereocenters. The van der Waals surface area contributed by atoms with Crippen LogP contribution in [0.3, 0.4) is 0 Å². The lowest BCUT2D eigenvalue weighted by molar-refractivity contribution is 0.0717.